The molecule has 2 aromatic heterocycles. The number of rotatable bonds is 5. The molecule has 0 saturated heterocycles. The van der Waals surface area contributed by atoms with Crippen molar-refractivity contribution in [2.24, 2.45) is 0 Å². The van der Waals surface area contributed by atoms with Crippen LogP contribution < -0.4 is 16.4 Å². The quantitative estimate of drug-likeness (QED) is 0.562. The number of hydrogen-bond acceptors (Lipinski definition) is 6. The van der Waals surface area contributed by atoms with Gasteiger partial charge in [0.2, 0.25) is 0 Å². The summed E-state index contributed by atoms with van der Waals surface area (Å²) in [6.07, 6.45) is -2.58. The minimum absolute atomic E-state index is 0.00421. The van der Waals surface area contributed by atoms with Crippen LogP contribution in [0.15, 0.2) is 42.9 Å². The lowest BCUT2D eigenvalue weighted by Crippen LogP contribution is -2.09. The van der Waals surface area contributed by atoms with Gasteiger partial charge >= 0.3 is 6.18 Å². The van der Waals surface area contributed by atoms with Crippen LogP contribution in [0.2, 0.25) is 5.02 Å². The summed E-state index contributed by atoms with van der Waals surface area (Å²) in [7, 11) is 0. The lowest BCUT2D eigenvalue weighted by molar-refractivity contribution is -0.137. The minimum atomic E-state index is -4.53. The Morgan fingerprint density at radius 1 is 1.04 bits per heavy atom. The highest BCUT2D eigenvalue weighted by atomic mass is 35.5. The summed E-state index contributed by atoms with van der Waals surface area (Å²) in [5, 5.41) is 5.63. The van der Waals surface area contributed by atoms with Crippen LogP contribution in [0.1, 0.15) is 16.7 Å². The third-order valence-electron chi connectivity index (χ3n) is 3.87. The van der Waals surface area contributed by atoms with Gasteiger partial charge in [0.15, 0.2) is 11.6 Å². The summed E-state index contributed by atoms with van der Waals surface area (Å²) < 4.78 is 38.2. The van der Waals surface area contributed by atoms with E-state index < -0.39 is 11.7 Å². The van der Waals surface area contributed by atoms with E-state index in [9.17, 15) is 13.2 Å². The van der Waals surface area contributed by atoms with Crippen molar-refractivity contribution in [2.75, 3.05) is 16.4 Å². The second-order valence-electron chi connectivity index (χ2n) is 6.00. The standard InChI is InChI=1S/C18H16ClF3N6/c1-10-2-4-11(5-3-10)7-24-16-14(23)17(27-9-26-16)28-15-13(19)6-12(8-25-15)18(20,21)22/h2-6,8-9H,7,23H2,1H3,(H2,24,25,26,27,28). The van der Waals surface area contributed by atoms with Gasteiger partial charge in [-0.25, -0.2) is 15.0 Å². The minimum Gasteiger partial charge on any atom is -0.393 e. The van der Waals surface area contributed by atoms with Crippen molar-refractivity contribution in [1.29, 1.82) is 0 Å². The van der Waals surface area contributed by atoms with E-state index in [1.807, 2.05) is 31.2 Å². The molecule has 2 heterocycles. The van der Waals surface area contributed by atoms with Crippen LogP contribution >= 0.6 is 11.6 Å². The average molecular weight is 409 g/mol. The molecule has 0 aliphatic rings. The predicted octanol–water partition coefficient (Wildman–Crippen LogP) is 4.79. The fourth-order valence-electron chi connectivity index (χ4n) is 2.32. The number of pyridine rings is 1. The Kier molecular flexibility index (Phi) is 5.55. The van der Waals surface area contributed by atoms with Gasteiger partial charge in [-0.3, -0.25) is 0 Å². The SMILES string of the molecule is Cc1ccc(CNc2ncnc(Nc3ncc(C(F)(F)F)cc3Cl)c2N)cc1. The van der Waals surface area contributed by atoms with Crippen LogP contribution in [0.25, 0.3) is 0 Å². The molecule has 28 heavy (non-hydrogen) atoms. The normalized spacial score (nSPS) is 11.3. The number of aromatic nitrogens is 3. The lowest BCUT2D eigenvalue weighted by atomic mass is 10.1. The van der Waals surface area contributed by atoms with E-state index in [1.165, 1.54) is 6.33 Å². The third kappa shape index (κ3) is 4.61. The fourth-order valence-corrected chi connectivity index (χ4v) is 2.54. The molecule has 0 amide bonds. The molecule has 3 rings (SSSR count). The van der Waals surface area contributed by atoms with Gasteiger partial charge in [0.25, 0.3) is 0 Å². The lowest BCUT2D eigenvalue weighted by Gasteiger charge is -2.14. The van der Waals surface area contributed by atoms with Crippen LogP contribution in [0.5, 0.6) is 0 Å². The van der Waals surface area contributed by atoms with Gasteiger partial charge in [-0.15, -0.1) is 0 Å². The van der Waals surface area contributed by atoms with E-state index in [0.717, 1.165) is 17.2 Å². The molecule has 0 spiro atoms. The molecule has 0 saturated carbocycles. The van der Waals surface area contributed by atoms with Crippen LogP contribution in [0.4, 0.5) is 36.3 Å². The summed E-state index contributed by atoms with van der Waals surface area (Å²) in [5.41, 5.74) is 7.49. The van der Waals surface area contributed by atoms with Crippen molar-refractivity contribution in [1.82, 2.24) is 15.0 Å². The Hall–Kier alpha value is -3.07. The smallest absolute Gasteiger partial charge is 0.393 e. The zero-order chi connectivity index (χ0) is 20.3. The number of anilines is 4. The first-order valence-corrected chi connectivity index (χ1v) is 8.51. The van der Waals surface area contributed by atoms with Gasteiger partial charge in [0.05, 0.1) is 10.6 Å². The van der Waals surface area contributed by atoms with Crippen molar-refractivity contribution >= 4 is 34.7 Å². The molecule has 4 N–H and O–H groups in total. The van der Waals surface area contributed by atoms with Crippen LogP contribution in [-0.2, 0) is 12.7 Å². The number of halogens is 4. The monoisotopic (exact) mass is 408 g/mol. The first kappa shape index (κ1) is 19.7. The maximum absolute atomic E-state index is 12.7. The van der Waals surface area contributed by atoms with E-state index >= 15 is 0 Å². The molecule has 0 aliphatic carbocycles. The number of nitrogens with one attached hydrogen (secondary N) is 2. The van der Waals surface area contributed by atoms with Gasteiger partial charge in [0.1, 0.15) is 17.8 Å². The molecule has 146 valence electrons. The Labute approximate surface area is 164 Å². The molecule has 0 atom stereocenters. The van der Waals surface area contributed by atoms with Gasteiger partial charge < -0.3 is 16.4 Å². The molecule has 0 bridgehead atoms. The molecule has 3 aromatic rings. The zero-order valence-electron chi connectivity index (χ0n) is 14.7. The van der Waals surface area contributed by atoms with Crippen molar-refractivity contribution < 1.29 is 13.2 Å². The number of hydrogen-bond donors (Lipinski definition) is 3. The fraction of sp³-hybridized carbons (Fsp3) is 0.167. The molecule has 0 unspecified atom stereocenters. The largest absolute Gasteiger partial charge is 0.417 e. The van der Waals surface area contributed by atoms with Gasteiger partial charge in [-0.1, -0.05) is 41.4 Å². The van der Waals surface area contributed by atoms with Crippen LogP contribution in [0, 0.1) is 6.92 Å². The van der Waals surface area contributed by atoms with E-state index in [2.05, 4.69) is 25.6 Å². The van der Waals surface area contributed by atoms with Crippen LogP contribution in [0.3, 0.4) is 0 Å². The molecule has 6 nitrogen and oxygen atoms in total. The van der Waals surface area contributed by atoms with E-state index in [0.29, 0.717) is 18.6 Å². The predicted molar refractivity (Wildman–Crippen MR) is 102 cm³/mol. The van der Waals surface area contributed by atoms with Gasteiger partial charge in [0, 0.05) is 12.7 Å². The summed E-state index contributed by atoms with van der Waals surface area (Å²) in [5.74, 6) is 0.557. The summed E-state index contributed by atoms with van der Waals surface area (Å²) in [6, 6.07) is 8.72. The summed E-state index contributed by atoms with van der Waals surface area (Å²) in [4.78, 5) is 11.8. The molecule has 0 fully saturated rings. The highest BCUT2D eigenvalue weighted by molar-refractivity contribution is 6.33. The highest BCUT2D eigenvalue weighted by Gasteiger charge is 2.31. The summed E-state index contributed by atoms with van der Waals surface area (Å²) >= 11 is 5.91. The molecular formula is C18H16ClF3N6. The zero-order valence-corrected chi connectivity index (χ0v) is 15.4. The molecule has 1 aromatic carbocycles. The Morgan fingerprint density at radius 3 is 2.36 bits per heavy atom. The number of nitrogens with two attached hydrogens (primary N) is 1. The number of nitrogens with zero attached hydrogens (tertiary/aromatic N) is 3. The average Bonchev–Trinajstić information content (AvgIpc) is 2.64. The van der Waals surface area contributed by atoms with E-state index in [4.69, 9.17) is 17.3 Å². The molecule has 10 heteroatoms. The number of benzene rings is 1. The Balaban J connectivity index is 1.76. The second-order valence-corrected chi connectivity index (χ2v) is 6.41. The van der Waals surface area contributed by atoms with Crippen molar-refractivity contribution in [3.63, 3.8) is 0 Å². The number of nitrogen functional groups attached to an aromatic ring is 1. The topological polar surface area (TPSA) is 88.8 Å². The molecule has 0 aliphatic heterocycles. The van der Waals surface area contributed by atoms with Gasteiger partial charge in [-0.05, 0) is 18.6 Å². The molecule has 0 radical (unpaired) electrons. The van der Waals surface area contributed by atoms with E-state index in [-0.39, 0.29) is 22.3 Å². The highest BCUT2D eigenvalue weighted by Crippen LogP contribution is 2.34. The van der Waals surface area contributed by atoms with Crippen molar-refractivity contribution in [2.45, 2.75) is 19.6 Å². The van der Waals surface area contributed by atoms with Crippen LogP contribution in [-0.4, -0.2) is 15.0 Å². The Morgan fingerprint density at radius 2 is 1.71 bits per heavy atom. The third-order valence-corrected chi connectivity index (χ3v) is 4.16. The maximum Gasteiger partial charge on any atom is 0.417 e. The molecular weight excluding hydrogens is 393 g/mol. The van der Waals surface area contributed by atoms with Gasteiger partial charge in [-0.2, -0.15) is 13.2 Å². The first-order chi connectivity index (χ1) is 13.2. The first-order valence-electron chi connectivity index (χ1n) is 8.13. The second kappa shape index (κ2) is 7.89. The Bertz CT molecular complexity index is 976. The maximum atomic E-state index is 12.7. The van der Waals surface area contributed by atoms with Crippen molar-refractivity contribution in [3.05, 3.63) is 64.6 Å². The number of alkyl halides is 3. The van der Waals surface area contributed by atoms with E-state index in [1.54, 1.807) is 0 Å². The summed E-state index contributed by atoms with van der Waals surface area (Å²) in [6.45, 7) is 2.48. The van der Waals surface area contributed by atoms with Crippen molar-refractivity contribution in [3.8, 4) is 0 Å². The number of aryl methyl sites for hydroxylation is 1.